The molecule has 0 saturated heterocycles. The van der Waals surface area contributed by atoms with E-state index in [2.05, 4.69) is 107 Å². The number of carbonyl (C=O) groups excluding carboxylic acids is 1. The Hall–Kier alpha value is -1.79. The molecule has 0 aliphatic heterocycles. The van der Waals surface area contributed by atoms with Crippen LogP contribution in [0.2, 0.25) is 0 Å². The van der Waals surface area contributed by atoms with E-state index in [9.17, 15) is 15.0 Å². The average Bonchev–Trinajstić information content (AvgIpc) is 2.89. The molecule has 0 aliphatic rings. The van der Waals surface area contributed by atoms with Crippen LogP contribution >= 0.6 is 23.5 Å². The van der Waals surface area contributed by atoms with Gasteiger partial charge < -0.3 is 14.9 Å². The molecule has 2 aromatic rings. The van der Waals surface area contributed by atoms with E-state index in [1.807, 2.05) is 44.3 Å². The predicted octanol–water partition coefficient (Wildman–Crippen LogP) is 12.1. The monoisotopic (exact) mass is 700 g/mol. The first kappa shape index (κ1) is 42.4. The van der Waals surface area contributed by atoms with E-state index in [4.69, 9.17) is 4.74 Å². The summed E-state index contributed by atoms with van der Waals surface area (Å²) in [4.78, 5) is 12.3. The van der Waals surface area contributed by atoms with Crippen LogP contribution in [-0.2, 0) is 42.7 Å². The molecule has 0 radical (unpaired) electrons. The Morgan fingerprint density at radius 2 is 1.02 bits per heavy atom. The number of phenolic OH excluding ortho intramolecular Hbond substituents is 2. The van der Waals surface area contributed by atoms with Gasteiger partial charge in [0.15, 0.2) is 0 Å². The molecule has 2 N–H and O–H groups in total. The summed E-state index contributed by atoms with van der Waals surface area (Å²) in [5.74, 6) is 3.58. The molecule has 4 nitrogen and oxygen atoms in total. The van der Waals surface area contributed by atoms with Gasteiger partial charge in [-0.15, -0.1) is 0 Å². The smallest absolute Gasteiger partial charge is 0.306 e. The number of carbonyl (C=O) groups is 1. The highest BCUT2D eigenvalue weighted by molar-refractivity contribution is 7.99. The summed E-state index contributed by atoms with van der Waals surface area (Å²) in [5, 5.41) is 22.9. The summed E-state index contributed by atoms with van der Waals surface area (Å²) < 4.78 is 5.54. The minimum atomic E-state index is -0.451. The Labute approximate surface area is 303 Å². The summed E-state index contributed by atoms with van der Waals surface area (Å²) >= 11 is 3.97. The van der Waals surface area contributed by atoms with Gasteiger partial charge in [-0.05, 0) is 101 Å². The number of ether oxygens (including phenoxy) is 1. The molecule has 2 aromatic carbocycles. The second-order valence-corrected chi connectivity index (χ2v) is 21.1. The summed E-state index contributed by atoms with van der Waals surface area (Å²) in [6.45, 7) is 31.7. The lowest BCUT2D eigenvalue weighted by molar-refractivity contribution is -0.154. The number of rotatable bonds is 13. The molecule has 0 amide bonds. The highest BCUT2D eigenvalue weighted by Crippen LogP contribution is 2.42. The van der Waals surface area contributed by atoms with E-state index in [1.165, 1.54) is 11.1 Å². The van der Waals surface area contributed by atoms with Crippen LogP contribution in [0.25, 0.3) is 0 Å². The molecule has 0 heterocycles. The Morgan fingerprint density at radius 3 is 1.40 bits per heavy atom. The van der Waals surface area contributed by atoms with Crippen LogP contribution in [0.4, 0.5) is 0 Å². The zero-order chi connectivity index (χ0) is 36.9. The van der Waals surface area contributed by atoms with Gasteiger partial charge in [-0.25, -0.2) is 0 Å². The third-order valence-corrected chi connectivity index (χ3v) is 11.0. The summed E-state index contributed by atoms with van der Waals surface area (Å²) in [6, 6.07) is 8.81. The molecular formula is C42H68O4S2. The van der Waals surface area contributed by atoms with Crippen molar-refractivity contribution in [1.82, 2.24) is 0 Å². The molecule has 1 unspecified atom stereocenters. The fourth-order valence-electron chi connectivity index (χ4n) is 5.81. The molecule has 0 aliphatic carbocycles. The van der Waals surface area contributed by atoms with Crippen molar-refractivity contribution in [3.05, 3.63) is 57.6 Å². The Morgan fingerprint density at radius 1 is 0.625 bits per heavy atom. The molecule has 0 bridgehead atoms. The van der Waals surface area contributed by atoms with Gasteiger partial charge in [-0.2, -0.15) is 23.5 Å². The largest absolute Gasteiger partial charge is 0.507 e. The molecule has 0 fully saturated rings. The van der Waals surface area contributed by atoms with Crippen LogP contribution in [0.1, 0.15) is 169 Å². The van der Waals surface area contributed by atoms with E-state index < -0.39 is 5.60 Å². The van der Waals surface area contributed by atoms with Gasteiger partial charge in [0.25, 0.3) is 0 Å². The van der Waals surface area contributed by atoms with E-state index in [1.54, 1.807) is 0 Å². The van der Waals surface area contributed by atoms with Crippen molar-refractivity contribution in [2.24, 2.45) is 0 Å². The minimum absolute atomic E-state index is 0.117. The van der Waals surface area contributed by atoms with Crippen molar-refractivity contribution in [2.45, 2.75) is 180 Å². The molecular weight excluding hydrogens is 633 g/mol. The first-order chi connectivity index (χ1) is 21.7. The number of unbranched alkanes of at least 4 members (excludes halogenated alkanes) is 1. The fourth-order valence-corrected chi connectivity index (χ4v) is 8.17. The number of hydrogen-bond acceptors (Lipinski definition) is 6. The molecule has 2 rings (SSSR count). The molecule has 1 atom stereocenters. The molecule has 48 heavy (non-hydrogen) atoms. The van der Waals surface area contributed by atoms with Crippen molar-refractivity contribution in [1.29, 1.82) is 0 Å². The molecule has 272 valence electrons. The van der Waals surface area contributed by atoms with E-state index in [-0.39, 0.29) is 27.6 Å². The van der Waals surface area contributed by atoms with Crippen molar-refractivity contribution < 1.29 is 19.7 Å². The molecule has 0 spiro atoms. The quantitative estimate of drug-likeness (QED) is 0.160. The maximum Gasteiger partial charge on any atom is 0.306 e. The van der Waals surface area contributed by atoms with Gasteiger partial charge in [-0.1, -0.05) is 114 Å². The second-order valence-electron chi connectivity index (χ2n) is 18.7. The second kappa shape index (κ2) is 16.5. The number of aromatic hydroxyl groups is 2. The van der Waals surface area contributed by atoms with E-state index in [0.29, 0.717) is 23.2 Å². The highest BCUT2D eigenvalue weighted by atomic mass is 32.2. The van der Waals surface area contributed by atoms with Crippen LogP contribution in [0.3, 0.4) is 0 Å². The van der Waals surface area contributed by atoms with Crippen molar-refractivity contribution in [3.8, 4) is 11.5 Å². The lowest BCUT2D eigenvalue weighted by atomic mass is 9.78. The number of esters is 1. The van der Waals surface area contributed by atoms with Crippen LogP contribution < -0.4 is 0 Å². The third-order valence-electron chi connectivity index (χ3n) is 8.49. The molecule has 0 saturated carbocycles. The van der Waals surface area contributed by atoms with Gasteiger partial charge in [-0.3, -0.25) is 4.79 Å². The average molecular weight is 701 g/mol. The predicted molar refractivity (Wildman–Crippen MR) is 211 cm³/mol. The summed E-state index contributed by atoms with van der Waals surface area (Å²) in [6.07, 6.45) is 4.40. The van der Waals surface area contributed by atoms with Crippen LogP contribution in [-0.4, -0.2) is 32.8 Å². The first-order valence-electron chi connectivity index (χ1n) is 17.8. The fraction of sp³-hybridized carbons (Fsp3) is 0.690. The van der Waals surface area contributed by atoms with Crippen LogP contribution in [0, 0.1) is 0 Å². The van der Waals surface area contributed by atoms with Crippen molar-refractivity contribution in [2.75, 3.05) is 5.75 Å². The van der Waals surface area contributed by atoms with Crippen LogP contribution in [0.15, 0.2) is 24.3 Å². The number of hydrogen-bond donors (Lipinski definition) is 2. The summed E-state index contributed by atoms with van der Waals surface area (Å²) in [5.41, 5.74) is 5.53. The Kier molecular flexibility index (Phi) is 14.6. The SMILES string of the molecule is CC(C)(C)OC(=O)CCCCC(CCSCc1cc(C(C)(C)C)c(O)c(C(C)(C)C)c1)SCc1cc(C(C)(C)C)c(O)c(C(C)(C)C)c1. The lowest BCUT2D eigenvalue weighted by Crippen LogP contribution is -2.23. The van der Waals surface area contributed by atoms with Gasteiger partial charge in [0, 0.05) is 23.2 Å². The maximum atomic E-state index is 12.3. The topological polar surface area (TPSA) is 66.8 Å². The first-order valence-corrected chi connectivity index (χ1v) is 20.1. The van der Waals surface area contributed by atoms with Crippen molar-refractivity contribution >= 4 is 29.5 Å². The van der Waals surface area contributed by atoms with Crippen molar-refractivity contribution in [3.63, 3.8) is 0 Å². The number of thioether (sulfide) groups is 2. The molecule has 6 heteroatoms. The standard InChI is InChI=1S/C42H68O4S2/c1-38(2,3)31-22-28(23-32(36(31)44)39(4,5)6)26-47-21-20-30(18-16-17-19-35(43)46-42(13,14)15)48-27-29-24-33(40(7,8)9)37(45)34(25-29)41(10,11)12/h22-25,30,44-45H,16-21,26-27H2,1-15H3. The zero-order valence-corrected chi connectivity index (χ0v) is 34.7. The third kappa shape index (κ3) is 13.5. The normalized spacial score (nSPS) is 13.9. The van der Waals surface area contributed by atoms with Gasteiger partial charge in [0.2, 0.25) is 0 Å². The highest BCUT2D eigenvalue weighted by Gasteiger charge is 2.28. The molecule has 0 aromatic heterocycles. The summed E-state index contributed by atoms with van der Waals surface area (Å²) in [7, 11) is 0. The zero-order valence-electron chi connectivity index (χ0n) is 33.1. The van der Waals surface area contributed by atoms with Gasteiger partial charge in [0.05, 0.1) is 0 Å². The minimum Gasteiger partial charge on any atom is -0.507 e. The Balaban J connectivity index is 2.22. The van der Waals surface area contributed by atoms with Gasteiger partial charge in [0.1, 0.15) is 17.1 Å². The van der Waals surface area contributed by atoms with E-state index in [0.717, 1.165) is 65.2 Å². The lowest BCUT2D eigenvalue weighted by Gasteiger charge is -2.28. The Bertz CT molecular complexity index is 1290. The maximum absolute atomic E-state index is 12.3. The van der Waals surface area contributed by atoms with Gasteiger partial charge >= 0.3 is 5.97 Å². The number of benzene rings is 2. The van der Waals surface area contributed by atoms with E-state index >= 15 is 0 Å². The van der Waals surface area contributed by atoms with Crippen LogP contribution in [0.5, 0.6) is 11.5 Å². The number of phenols is 2.